The van der Waals surface area contributed by atoms with Gasteiger partial charge in [0.2, 0.25) is 0 Å². The number of anilines is 2. The summed E-state index contributed by atoms with van der Waals surface area (Å²) in [6.45, 7) is 2.82. The second-order valence-electron chi connectivity index (χ2n) is 8.37. The molecule has 11 heteroatoms. The molecule has 3 heterocycles. The van der Waals surface area contributed by atoms with Gasteiger partial charge in [-0.1, -0.05) is 19.1 Å². The van der Waals surface area contributed by atoms with Crippen molar-refractivity contribution in [3.8, 4) is 0 Å². The Bertz CT molecular complexity index is 1260. The number of sulfonamides is 1. The van der Waals surface area contributed by atoms with E-state index < -0.39 is 21.2 Å². The van der Waals surface area contributed by atoms with Crippen molar-refractivity contribution in [1.82, 2.24) is 19.3 Å². The predicted octanol–water partition coefficient (Wildman–Crippen LogP) is 3.10. The average molecular weight is 480 g/mol. The van der Waals surface area contributed by atoms with Crippen molar-refractivity contribution in [2.75, 3.05) is 31.7 Å². The molecule has 4 rings (SSSR count). The van der Waals surface area contributed by atoms with E-state index in [1.165, 1.54) is 0 Å². The van der Waals surface area contributed by atoms with Crippen LogP contribution in [0.1, 0.15) is 24.5 Å². The second-order valence-corrected chi connectivity index (χ2v) is 10.1. The van der Waals surface area contributed by atoms with Crippen LogP contribution in [0, 0.1) is 0 Å². The van der Waals surface area contributed by atoms with Gasteiger partial charge in [0, 0.05) is 37.8 Å². The summed E-state index contributed by atoms with van der Waals surface area (Å²) in [6, 6.07) is 8.11. The lowest BCUT2D eigenvalue weighted by Crippen LogP contribution is -2.49. The third kappa shape index (κ3) is 4.44. The van der Waals surface area contributed by atoms with Crippen molar-refractivity contribution in [2.24, 2.45) is 7.05 Å². The summed E-state index contributed by atoms with van der Waals surface area (Å²) in [7, 11) is -0.711. The standard InChI is InChI=1S/C22H27F2N5O3S/c1-4-15-9-16(22(12-32-13-22)7-8-27-33(30,31)21(23)24)5-6-18(15)29(3)20-10-19-17(11-25-20)26-14-28(19)2/h5-6,9-11,14,21,27H,4,7-8,12-13H2,1-3H3. The first-order valence-corrected chi connectivity index (χ1v) is 12.2. The maximum atomic E-state index is 12.6. The fourth-order valence-corrected chi connectivity index (χ4v) is 4.66. The molecule has 2 aromatic heterocycles. The topological polar surface area (TPSA) is 89.3 Å². The van der Waals surface area contributed by atoms with Crippen molar-refractivity contribution in [3.63, 3.8) is 0 Å². The number of aromatic nitrogens is 3. The average Bonchev–Trinajstić information content (AvgIpc) is 3.14. The summed E-state index contributed by atoms with van der Waals surface area (Å²) in [4.78, 5) is 10.9. The van der Waals surface area contributed by atoms with Gasteiger partial charge in [-0.15, -0.1) is 0 Å². The zero-order valence-corrected chi connectivity index (χ0v) is 19.6. The molecule has 3 aromatic rings. The van der Waals surface area contributed by atoms with E-state index in [0.29, 0.717) is 19.6 Å². The van der Waals surface area contributed by atoms with Gasteiger partial charge in [0.15, 0.2) is 0 Å². The molecule has 1 N–H and O–H groups in total. The van der Waals surface area contributed by atoms with Crippen LogP contribution >= 0.6 is 0 Å². The van der Waals surface area contributed by atoms with Crippen LogP contribution in [0.25, 0.3) is 11.0 Å². The van der Waals surface area contributed by atoms with Gasteiger partial charge in [0.1, 0.15) is 11.3 Å². The lowest BCUT2D eigenvalue weighted by atomic mass is 9.75. The number of aryl methyl sites for hydroxylation is 2. The monoisotopic (exact) mass is 479 g/mol. The molecule has 1 aromatic carbocycles. The number of nitrogens with one attached hydrogen (secondary N) is 1. The largest absolute Gasteiger partial charge is 0.379 e. The van der Waals surface area contributed by atoms with E-state index in [4.69, 9.17) is 4.74 Å². The van der Waals surface area contributed by atoms with Gasteiger partial charge in [-0.3, -0.25) is 0 Å². The molecule has 1 aliphatic rings. The molecule has 1 aliphatic heterocycles. The molecule has 1 saturated heterocycles. The van der Waals surface area contributed by atoms with Crippen molar-refractivity contribution >= 4 is 32.6 Å². The summed E-state index contributed by atoms with van der Waals surface area (Å²) in [5.74, 6) is -2.65. The minimum atomic E-state index is -4.61. The third-order valence-electron chi connectivity index (χ3n) is 6.27. The van der Waals surface area contributed by atoms with E-state index in [0.717, 1.165) is 40.1 Å². The molecule has 33 heavy (non-hydrogen) atoms. The van der Waals surface area contributed by atoms with E-state index in [9.17, 15) is 17.2 Å². The van der Waals surface area contributed by atoms with E-state index in [1.807, 2.05) is 46.5 Å². The molecule has 0 saturated carbocycles. The maximum Gasteiger partial charge on any atom is 0.350 e. The van der Waals surface area contributed by atoms with Crippen LogP contribution in [0.2, 0.25) is 0 Å². The van der Waals surface area contributed by atoms with E-state index in [2.05, 4.69) is 23.0 Å². The fourth-order valence-electron chi connectivity index (χ4n) is 4.15. The fraction of sp³-hybridized carbons (Fsp3) is 0.455. The Morgan fingerprint density at radius 2 is 2.03 bits per heavy atom. The molecule has 0 bridgehead atoms. The van der Waals surface area contributed by atoms with Crippen molar-refractivity contribution in [2.45, 2.75) is 30.9 Å². The molecule has 1 fully saturated rings. The molecule has 0 aliphatic carbocycles. The number of halogens is 2. The number of imidazole rings is 1. The van der Waals surface area contributed by atoms with Crippen LogP contribution in [0.5, 0.6) is 0 Å². The van der Waals surface area contributed by atoms with Crippen LogP contribution in [-0.4, -0.2) is 55.5 Å². The SMILES string of the molecule is CCc1cc(C2(CCNS(=O)(=O)C(F)F)COC2)ccc1N(C)c1cc2c(cn1)ncn2C. The Balaban J connectivity index is 1.58. The summed E-state index contributed by atoms with van der Waals surface area (Å²) in [5, 5.41) is 0. The highest BCUT2D eigenvalue weighted by Gasteiger charge is 2.40. The van der Waals surface area contributed by atoms with Gasteiger partial charge < -0.3 is 14.2 Å². The molecule has 8 nitrogen and oxygen atoms in total. The highest BCUT2D eigenvalue weighted by molar-refractivity contribution is 7.89. The van der Waals surface area contributed by atoms with Gasteiger partial charge in [-0.2, -0.15) is 8.78 Å². The molecule has 0 spiro atoms. The van der Waals surface area contributed by atoms with Crippen molar-refractivity contribution < 1.29 is 21.9 Å². The number of ether oxygens (including phenoxy) is 1. The quantitative estimate of drug-likeness (QED) is 0.507. The number of pyridine rings is 1. The van der Waals surface area contributed by atoms with Crippen LogP contribution in [-0.2, 0) is 33.6 Å². The molecule has 0 radical (unpaired) electrons. The summed E-state index contributed by atoms with van der Waals surface area (Å²) in [5.41, 5.74) is 4.52. The van der Waals surface area contributed by atoms with Gasteiger partial charge in [-0.05, 0) is 30.0 Å². The number of hydrogen-bond donors (Lipinski definition) is 1. The van der Waals surface area contributed by atoms with Crippen LogP contribution in [0.3, 0.4) is 0 Å². The van der Waals surface area contributed by atoms with Gasteiger partial charge in [0.05, 0.1) is 31.3 Å². The summed E-state index contributed by atoms with van der Waals surface area (Å²) < 4.78 is 57.4. The van der Waals surface area contributed by atoms with Crippen LogP contribution in [0.15, 0.2) is 36.8 Å². The van der Waals surface area contributed by atoms with Crippen molar-refractivity contribution in [3.05, 3.63) is 47.9 Å². The Morgan fingerprint density at radius 1 is 1.27 bits per heavy atom. The first-order chi connectivity index (χ1) is 15.7. The third-order valence-corrected chi connectivity index (χ3v) is 7.35. The minimum Gasteiger partial charge on any atom is -0.379 e. The second kappa shape index (κ2) is 8.96. The number of benzene rings is 1. The van der Waals surface area contributed by atoms with E-state index in [1.54, 1.807) is 12.5 Å². The van der Waals surface area contributed by atoms with E-state index >= 15 is 0 Å². The lowest BCUT2D eigenvalue weighted by molar-refractivity contribution is -0.0635. The molecular formula is C22H27F2N5O3S. The van der Waals surface area contributed by atoms with Crippen molar-refractivity contribution in [1.29, 1.82) is 0 Å². The number of alkyl halides is 2. The number of rotatable bonds is 9. The highest BCUT2D eigenvalue weighted by atomic mass is 32.2. The molecule has 0 atom stereocenters. The zero-order valence-electron chi connectivity index (χ0n) is 18.8. The maximum absolute atomic E-state index is 12.6. The van der Waals surface area contributed by atoms with Crippen LogP contribution in [0.4, 0.5) is 20.3 Å². The van der Waals surface area contributed by atoms with Crippen LogP contribution < -0.4 is 9.62 Å². The Kier molecular flexibility index (Phi) is 6.39. The summed E-state index contributed by atoms with van der Waals surface area (Å²) in [6.07, 6.45) is 4.65. The van der Waals surface area contributed by atoms with Gasteiger partial charge >= 0.3 is 5.76 Å². The van der Waals surface area contributed by atoms with E-state index in [-0.39, 0.29) is 6.54 Å². The normalized spacial score (nSPS) is 15.7. The smallest absolute Gasteiger partial charge is 0.350 e. The Labute approximate surface area is 191 Å². The Morgan fingerprint density at radius 3 is 2.67 bits per heavy atom. The highest BCUT2D eigenvalue weighted by Crippen LogP contribution is 2.38. The molecule has 0 unspecified atom stereocenters. The Hall–Kier alpha value is -2.63. The zero-order chi connectivity index (χ0) is 23.8. The number of hydrogen-bond acceptors (Lipinski definition) is 6. The van der Waals surface area contributed by atoms with Gasteiger partial charge in [0.25, 0.3) is 10.0 Å². The predicted molar refractivity (Wildman–Crippen MR) is 122 cm³/mol. The number of nitrogens with zero attached hydrogens (tertiary/aromatic N) is 4. The first kappa shape index (κ1) is 23.5. The lowest BCUT2D eigenvalue weighted by Gasteiger charge is -2.42. The van der Waals surface area contributed by atoms with Gasteiger partial charge in [-0.25, -0.2) is 23.1 Å². The minimum absolute atomic E-state index is 0.0756. The molecule has 178 valence electrons. The first-order valence-electron chi connectivity index (χ1n) is 10.7. The summed E-state index contributed by atoms with van der Waals surface area (Å²) >= 11 is 0. The molecule has 0 amide bonds. The molecular weight excluding hydrogens is 452 g/mol. The number of fused-ring (bicyclic) bond motifs is 1.